The van der Waals surface area contributed by atoms with Gasteiger partial charge in [0, 0.05) is 16.1 Å². The summed E-state index contributed by atoms with van der Waals surface area (Å²) in [7, 11) is 0. The Kier molecular flexibility index (Phi) is 4.73. The molecule has 0 spiro atoms. The van der Waals surface area contributed by atoms with Crippen LogP contribution in [-0.2, 0) is 6.42 Å². The lowest BCUT2D eigenvalue weighted by molar-refractivity contribution is 0.565. The predicted octanol–water partition coefficient (Wildman–Crippen LogP) is 3.53. The summed E-state index contributed by atoms with van der Waals surface area (Å²) in [6.07, 6.45) is 0.934. The number of hydrogen-bond donors (Lipinski definition) is 1. The number of likely N-dealkylation sites (N-methyl/N-ethyl adjacent to an activating group) is 1. The smallest absolute Gasteiger partial charge is 0.0453 e. The van der Waals surface area contributed by atoms with Crippen LogP contribution in [0.4, 0.5) is 0 Å². The number of benzene rings is 1. The Balaban J connectivity index is 2.67. The third kappa shape index (κ3) is 3.49. The summed E-state index contributed by atoms with van der Waals surface area (Å²) in [5, 5.41) is 4.79. The molecule has 0 radical (unpaired) electrons. The molecule has 0 aromatic heterocycles. The average molecular weight is 232 g/mol. The molecule has 1 rings (SSSR count). The summed E-state index contributed by atoms with van der Waals surface area (Å²) < 4.78 is 0. The van der Waals surface area contributed by atoms with E-state index in [1.807, 2.05) is 12.1 Å². The lowest BCUT2D eigenvalue weighted by Crippen LogP contribution is -2.27. The summed E-state index contributed by atoms with van der Waals surface area (Å²) in [5.41, 5.74) is 1.14. The van der Waals surface area contributed by atoms with Crippen molar-refractivity contribution in [1.29, 1.82) is 0 Å². The maximum Gasteiger partial charge on any atom is 0.0453 e. The Morgan fingerprint density at radius 2 is 2.07 bits per heavy atom. The number of rotatable bonds is 4. The van der Waals surface area contributed by atoms with Gasteiger partial charge in [-0.05, 0) is 37.6 Å². The largest absolute Gasteiger partial charge is 0.314 e. The van der Waals surface area contributed by atoms with Gasteiger partial charge in [0.25, 0.3) is 0 Å². The second kappa shape index (κ2) is 5.59. The lowest BCUT2D eigenvalue weighted by atomic mass is 10.1. The molecule has 0 heterocycles. The molecule has 1 nitrogen and oxygen atoms in total. The van der Waals surface area contributed by atoms with Gasteiger partial charge in [-0.15, -0.1) is 0 Å². The zero-order valence-corrected chi connectivity index (χ0v) is 9.99. The molecular formula is C11H15Cl2N. The fourth-order valence-electron chi connectivity index (χ4n) is 1.44. The predicted molar refractivity (Wildman–Crippen MR) is 63.3 cm³/mol. The average Bonchev–Trinajstić information content (AvgIpc) is 2.10. The van der Waals surface area contributed by atoms with Crippen LogP contribution in [0.3, 0.4) is 0 Å². The van der Waals surface area contributed by atoms with Crippen LogP contribution in [0.1, 0.15) is 19.4 Å². The van der Waals surface area contributed by atoms with E-state index in [4.69, 9.17) is 23.2 Å². The van der Waals surface area contributed by atoms with Crippen molar-refractivity contribution in [2.45, 2.75) is 26.3 Å². The lowest BCUT2D eigenvalue weighted by Gasteiger charge is -2.13. The molecule has 0 saturated heterocycles. The second-order valence-corrected chi connectivity index (χ2v) is 4.24. The van der Waals surface area contributed by atoms with Crippen molar-refractivity contribution in [3.8, 4) is 0 Å². The van der Waals surface area contributed by atoms with Gasteiger partial charge in [-0.1, -0.05) is 36.2 Å². The quantitative estimate of drug-likeness (QED) is 0.837. The monoisotopic (exact) mass is 231 g/mol. The molecule has 0 saturated carbocycles. The highest BCUT2D eigenvalue weighted by Gasteiger charge is 2.05. The normalized spacial score (nSPS) is 12.9. The van der Waals surface area contributed by atoms with E-state index in [9.17, 15) is 0 Å². The van der Waals surface area contributed by atoms with Crippen LogP contribution in [0.5, 0.6) is 0 Å². The maximum absolute atomic E-state index is 6.06. The molecule has 0 amide bonds. The van der Waals surface area contributed by atoms with E-state index in [1.165, 1.54) is 0 Å². The minimum Gasteiger partial charge on any atom is -0.314 e. The standard InChI is InChI=1S/C11H15Cl2N/c1-3-14-8(2)6-9-4-5-10(12)7-11(9)13/h4-5,7-8,14H,3,6H2,1-2H3. The van der Waals surface area contributed by atoms with Gasteiger partial charge in [-0.2, -0.15) is 0 Å². The van der Waals surface area contributed by atoms with E-state index in [0.717, 1.165) is 23.6 Å². The van der Waals surface area contributed by atoms with Crippen LogP contribution in [0.25, 0.3) is 0 Å². The molecule has 1 aromatic carbocycles. The molecule has 1 N–H and O–H groups in total. The Hall–Kier alpha value is -0.240. The summed E-state index contributed by atoms with van der Waals surface area (Å²) in [6.45, 7) is 5.22. The highest BCUT2D eigenvalue weighted by molar-refractivity contribution is 6.35. The molecule has 1 atom stereocenters. The molecule has 3 heteroatoms. The topological polar surface area (TPSA) is 12.0 Å². The first kappa shape index (κ1) is 11.8. The molecule has 0 bridgehead atoms. The maximum atomic E-state index is 6.06. The van der Waals surface area contributed by atoms with Gasteiger partial charge in [-0.3, -0.25) is 0 Å². The van der Waals surface area contributed by atoms with Gasteiger partial charge < -0.3 is 5.32 Å². The number of hydrogen-bond acceptors (Lipinski definition) is 1. The molecule has 78 valence electrons. The van der Waals surface area contributed by atoms with E-state index < -0.39 is 0 Å². The Morgan fingerprint density at radius 3 is 2.64 bits per heavy atom. The second-order valence-electron chi connectivity index (χ2n) is 3.40. The van der Waals surface area contributed by atoms with E-state index in [2.05, 4.69) is 19.2 Å². The third-order valence-electron chi connectivity index (χ3n) is 2.09. The molecular weight excluding hydrogens is 217 g/mol. The highest BCUT2D eigenvalue weighted by Crippen LogP contribution is 2.21. The molecule has 0 aliphatic rings. The SMILES string of the molecule is CCNC(C)Cc1ccc(Cl)cc1Cl. The van der Waals surface area contributed by atoms with E-state index >= 15 is 0 Å². The first-order valence-electron chi connectivity index (χ1n) is 4.80. The Bertz CT molecular complexity index is 299. The van der Waals surface area contributed by atoms with Gasteiger partial charge in [0.05, 0.1) is 0 Å². The van der Waals surface area contributed by atoms with Crippen molar-refractivity contribution in [2.75, 3.05) is 6.54 Å². The van der Waals surface area contributed by atoms with Crippen LogP contribution in [0, 0.1) is 0 Å². The molecule has 1 aromatic rings. The van der Waals surface area contributed by atoms with Crippen molar-refractivity contribution in [1.82, 2.24) is 5.32 Å². The van der Waals surface area contributed by atoms with E-state index in [0.29, 0.717) is 11.1 Å². The van der Waals surface area contributed by atoms with Crippen molar-refractivity contribution in [2.24, 2.45) is 0 Å². The minimum absolute atomic E-state index is 0.443. The minimum atomic E-state index is 0.443. The summed E-state index contributed by atoms with van der Waals surface area (Å²) in [6, 6.07) is 6.09. The van der Waals surface area contributed by atoms with Crippen molar-refractivity contribution < 1.29 is 0 Å². The van der Waals surface area contributed by atoms with Gasteiger partial charge >= 0.3 is 0 Å². The van der Waals surface area contributed by atoms with Gasteiger partial charge in [0.1, 0.15) is 0 Å². The van der Waals surface area contributed by atoms with Crippen LogP contribution in [0.15, 0.2) is 18.2 Å². The van der Waals surface area contributed by atoms with Crippen molar-refractivity contribution >= 4 is 23.2 Å². The zero-order valence-electron chi connectivity index (χ0n) is 8.48. The Morgan fingerprint density at radius 1 is 1.36 bits per heavy atom. The first-order chi connectivity index (χ1) is 6.63. The molecule has 14 heavy (non-hydrogen) atoms. The first-order valence-corrected chi connectivity index (χ1v) is 5.56. The van der Waals surface area contributed by atoms with Gasteiger partial charge in [-0.25, -0.2) is 0 Å². The molecule has 0 aliphatic carbocycles. The van der Waals surface area contributed by atoms with Gasteiger partial charge in [0.2, 0.25) is 0 Å². The van der Waals surface area contributed by atoms with Gasteiger partial charge in [0.15, 0.2) is 0 Å². The molecule has 0 fully saturated rings. The zero-order chi connectivity index (χ0) is 10.6. The molecule has 1 unspecified atom stereocenters. The fourth-order valence-corrected chi connectivity index (χ4v) is 1.92. The van der Waals surface area contributed by atoms with Crippen molar-refractivity contribution in [3.63, 3.8) is 0 Å². The van der Waals surface area contributed by atoms with E-state index in [1.54, 1.807) is 6.07 Å². The van der Waals surface area contributed by atoms with Crippen LogP contribution < -0.4 is 5.32 Å². The number of halogens is 2. The third-order valence-corrected chi connectivity index (χ3v) is 2.68. The summed E-state index contributed by atoms with van der Waals surface area (Å²) in [5.74, 6) is 0. The van der Waals surface area contributed by atoms with Crippen LogP contribution >= 0.6 is 23.2 Å². The summed E-state index contributed by atoms with van der Waals surface area (Å²) >= 11 is 11.9. The highest BCUT2D eigenvalue weighted by atomic mass is 35.5. The summed E-state index contributed by atoms with van der Waals surface area (Å²) in [4.78, 5) is 0. The number of nitrogens with one attached hydrogen (secondary N) is 1. The van der Waals surface area contributed by atoms with Crippen LogP contribution in [-0.4, -0.2) is 12.6 Å². The fraction of sp³-hybridized carbons (Fsp3) is 0.455. The Labute approximate surface area is 95.4 Å². The van der Waals surface area contributed by atoms with E-state index in [-0.39, 0.29) is 0 Å². The van der Waals surface area contributed by atoms with Crippen LogP contribution in [0.2, 0.25) is 10.0 Å². The van der Waals surface area contributed by atoms with Crippen molar-refractivity contribution in [3.05, 3.63) is 33.8 Å². The molecule has 0 aliphatic heterocycles.